The maximum Gasteiger partial charge on any atom is 0.460 e. The number of alkyl halides is 13. The summed E-state index contributed by atoms with van der Waals surface area (Å²) < 4.78 is 188. The zero-order valence-corrected chi connectivity index (χ0v) is 17.5. The van der Waals surface area contributed by atoms with Crippen LogP contribution in [0.1, 0.15) is 12.8 Å². The molecule has 1 saturated heterocycles. The third-order valence-corrected chi connectivity index (χ3v) is 5.52. The predicted octanol–water partition coefficient (Wildman–Crippen LogP) is 3.95. The van der Waals surface area contributed by atoms with Gasteiger partial charge in [0.15, 0.2) is 5.96 Å². The lowest BCUT2D eigenvalue weighted by Crippen LogP contribution is -2.71. The molecule has 2 aliphatic heterocycles. The third-order valence-electron chi connectivity index (χ3n) is 4.61. The lowest BCUT2D eigenvalue weighted by molar-refractivity contribution is -0.433. The van der Waals surface area contributed by atoms with Crippen LogP contribution < -0.4 is 0 Å². The van der Waals surface area contributed by atoms with Gasteiger partial charge in [-0.15, -0.1) is 0 Å². The van der Waals surface area contributed by atoms with Crippen LogP contribution in [0.4, 0.5) is 57.1 Å². The van der Waals surface area contributed by atoms with Gasteiger partial charge in [0.2, 0.25) is 0 Å². The average Bonchev–Trinajstić information content (AvgIpc) is 2.66. The van der Waals surface area contributed by atoms with Crippen LogP contribution in [-0.2, 0) is 10.1 Å². The molecule has 2 aliphatic rings. The van der Waals surface area contributed by atoms with E-state index in [2.05, 4.69) is 21.8 Å². The number of hydrogen-bond donors (Lipinski definition) is 1. The van der Waals surface area contributed by atoms with Crippen LogP contribution in [0.3, 0.4) is 0 Å². The molecule has 2 heterocycles. The van der Waals surface area contributed by atoms with Gasteiger partial charge < -0.3 is 9.80 Å². The largest absolute Gasteiger partial charge is 0.460 e. The Balaban J connectivity index is 0.000000429. The molecule has 0 aromatic heterocycles. The fourth-order valence-corrected chi connectivity index (χ4v) is 3.18. The van der Waals surface area contributed by atoms with E-state index in [4.69, 9.17) is 4.55 Å². The van der Waals surface area contributed by atoms with E-state index in [1.165, 1.54) is 38.4 Å². The lowest BCUT2D eigenvalue weighted by atomic mass is 9.98. The topological polar surface area (TPSA) is 73.2 Å². The standard InChI is InChI=1S/C8H15N3.C6HF13O3S/c1-10-5-3-7-11-6-2-4-9-8(10)11;7-1(8,3(11,12)5(15,16)17)2(9,10)4(13,14)6(18,19)23(20,21)22/h2-7H2,1H3;(H,20,21,22). The van der Waals surface area contributed by atoms with Gasteiger partial charge in [0.25, 0.3) is 0 Å². The summed E-state index contributed by atoms with van der Waals surface area (Å²) in [6.07, 6.45) is -5.07. The second-order valence-electron chi connectivity index (χ2n) is 7.08. The fourth-order valence-electron chi connectivity index (χ4n) is 2.73. The van der Waals surface area contributed by atoms with Crippen molar-refractivity contribution in [2.75, 3.05) is 33.2 Å². The van der Waals surface area contributed by atoms with Crippen molar-refractivity contribution >= 4 is 16.1 Å². The Kier molecular flexibility index (Phi) is 8.06. The van der Waals surface area contributed by atoms with Crippen molar-refractivity contribution in [3.63, 3.8) is 0 Å². The molecule has 0 aromatic rings. The first-order valence-electron chi connectivity index (χ1n) is 8.81. The predicted molar refractivity (Wildman–Crippen MR) is 88.1 cm³/mol. The third kappa shape index (κ3) is 4.83. The molecule has 1 fully saturated rings. The molecule has 0 atom stereocenters. The Hall–Kier alpha value is -1.73. The minimum atomic E-state index is -8.25. The van der Waals surface area contributed by atoms with Crippen molar-refractivity contribution in [3.05, 3.63) is 0 Å². The molecule has 0 bridgehead atoms. The molecule has 0 unspecified atom stereocenters. The molecule has 0 aliphatic carbocycles. The second kappa shape index (κ2) is 9.05. The Bertz CT molecular complexity index is 874. The molecular formula is C14H16F13N3O3S. The monoisotopic (exact) mass is 553 g/mol. The summed E-state index contributed by atoms with van der Waals surface area (Å²) in [5.74, 6) is -31.2. The summed E-state index contributed by atoms with van der Waals surface area (Å²) in [6, 6.07) is 0. The molecule has 0 spiro atoms. The number of rotatable bonds is 5. The summed E-state index contributed by atoms with van der Waals surface area (Å²) in [6.45, 7) is 4.62. The number of aliphatic imine (C=N–C) groups is 1. The van der Waals surface area contributed by atoms with Crippen LogP contribution in [0, 0.1) is 0 Å². The zero-order chi connectivity index (χ0) is 27.2. The molecule has 0 aromatic carbocycles. The van der Waals surface area contributed by atoms with E-state index in [1.54, 1.807) is 0 Å². The van der Waals surface area contributed by atoms with Gasteiger partial charge in [-0.05, 0) is 12.8 Å². The number of guanidine groups is 1. The van der Waals surface area contributed by atoms with E-state index in [9.17, 15) is 65.5 Å². The van der Waals surface area contributed by atoms with Crippen LogP contribution in [0.25, 0.3) is 0 Å². The van der Waals surface area contributed by atoms with Gasteiger partial charge in [0, 0.05) is 33.2 Å². The Morgan fingerprint density at radius 2 is 1.18 bits per heavy atom. The Labute approximate surface area is 183 Å². The number of fused-ring (bicyclic) bond motifs is 1. The van der Waals surface area contributed by atoms with Crippen molar-refractivity contribution in [2.24, 2.45) is 4.99 Å². The molecule has 6 nitrogen and oxygen atoms in total. The van der Waals surface area contributed by atoms with Crippen LogP contribution >= 0.6 is 0 Å². The van der Waals surface area contributed by atoms with E-state index in [0.717, 1.165) is 6.54 Å². The smallest absolute Gasteiger partial charge is 0.346 e. The SMILES string of the molecule is CN1CCCN2CCCN=C12.O=S(=O)(O)C(F)(F)C(F)(F)C(F)(F)C(F)(F)C(F)(F)C(F)(F)F. The van der Waals surface area contributed by atoms with E-state index < -0.39 is 45.2 Å². The van der Waals surface area contributed by atoms with E-state index in [0.29, 0.717) is 0 Å². The molecule has 34 heavy (non-hydrogen) atoms. The van der Waals surface area contributed by atoms with E-state index in [-0.39, 0.29) is 0 Å². The highest BCUT2D eigenvalue weighted by atomic mass is 32.2. The average molecular weight is 553 g/mol. The van der Waals surface area contributed by atoms with Crippen LogP contribution in [0.2, 0.25) is 0 Å². The van der Waals surface area contributed by atoms with Gasteiger partial charge in [0.05, 0.1) is 0 Å². The summed E-state index contributed by atoms with van der Waals surface area (Å²) in [7, 11) is -5.47. The first-order chi connectivity index (χ1) is 14.9. The Morgan fingerprint density at radius 3 is 1.59 bits per heavy atom. The highest BCUT2D eigenvalue weighted by molar-refractivity contribution is 7.87. The van der Waals surface area contributed by atoms with Crippen molar-refractivity contribution in [3.8, 4) is 0 Å². The summed E-state index contributed by atoms with van der Waals surface area (Å²) in [5.41, 5.74) is 0. The molecule has 0 saturated carbocycles. The van der Waals surface area contributed by atoms with Crippen LogP contribution in [0.5, 0.6) is 0 Å². The molecule has 20 heteroatoms. The van der Waals surface area contributed by atoms with Gasteiger partial charge in [-0.2, -0.15) is 65.5 Å². The van der Waals surface area contributed by atoms with E-state index in [1.807, 2.05) is 0 Å². The minimum absolute atomic E-state index is 1.02. The number of nitrogens with zero attached hydrogens (tertiary/aromatic N) is 3. The molecule has 1 N–H and O–H groups in total. The number of halogens is 13. The molecule has 2 rings (SSSR count). The van der Waals surface area contributed by atoms with Gasteiger partial charge in [-0.3, -0.25) is 9.55 Å². The quantitative estimate of drug-likeness (QED) is 0.413. The molecule has 0 radical (unpaired) electrons. The lowest BCUT2D eigenvalue weighted by Gasteiger charge is -2.39. The summed E-state index contributed by atoms with van der Waals surface area (Å²) in [4.78, 5) is 9.16. The van der Waals surface area contributed by atoms with Gasteiger partial charge in [-0.25, -0.2) is 0 Å². The first-order valence-corrected chi connectivity index (χ1v) is 10.2. The van der Waals surface area contributed by atoms with Gasteiger partial charge >= 0.3 is 45.2 Å². The van der Waals surface area contributed by atoms with Gasteiger partial charge in [0.1, 0.15) is 0 Å². The fraction of sp³-hybridized carbons (Fsp3) is 0.929. The van der Waals surface area contributed by atoms with Crippen molar-refractivity contribution < 1.29 is 70.0 Å². The van der Waals surface area contributed by atoms with Crippen molar-refractivity contribution in [1.29, 1.82) is 0 Å². The molecule has 202 valence electrons. The number of hydrogen-bond acceptors (Lipinski definition) is 5. The summed E-state index contributed by atoms with van der Waals surface area (Å²) in [5, 5.41) is -7.52. The summed E-state index contributed by atoms with van der Waals surface area (Å²) >= 11 is 0. The normalized spacial score (nSPS) is 19.2. The van der Waals surface area contributed by atoms with Crippen molar-refractivity contribution in [2.45, 2.75) is 48.0 Å². The van der Waals surface area contributed by atoms with E-state index >= 15 is 0 Å². The maximum atomic E-state index is 12.7. The first kappa shape index (κ1) is 30.3. The van der Waals surface area contributed by atoms with Crippen LogP contribution in [0.15, 0.2) is 4.99 Å². The molecular weight excluding hydrogens is 537 g/mol. The van der Waals surface area contributed by atoms with Crippen LogP contribution in [-0.4, -0.2) is 97.1 Å². The van der Waals surface area contributed by atoms with Gasteiger partial charge in [-0.1, -0.05) is 0 Å². The van der Waals surface area contributed by atoms with Crippen molar-refractivity contribution in [1.82, 2.24) is 9.80 Å². The second-order valence-corrected chi connectivity index (χ2v) is 8.55. The maximum absolute atomic E-state index is 12.7. The Morgan fingerprint density at radius 1 is 0.735 bits per heavy atom. The zero-order valence-electron chi connectivity index (χ0n) is 16.7. The highest BCUT2D eigenvalue weighted by Crippen LogP contribution is 2.60. The minimum Gasteiger partial charge on any atom is -0.346 e. The highest BCUT2D eigenvalue weighted by Gasteiger charge is 2.92. The molecule has 0 amide bonds.